The van der Waals surface area contributed by atoms with E-state index in [1.165, 1.54) is 12.1 Å². The number of hydrogen-bond donors (Lipinski definition) is 0. The smallest absolute Gasteiger partial charge is 0.367 e. The fourth-order valence-corrected chi connectivity index (χ4v) is 3.56. The quantitative estimate of drug-likeness (QED) is 0.819. The Labute approximate surface area is 156 Å². The number of carbonyl (C=O) groups is 1. The van der Waals surface area contributed by atoms with E-state index in [0.29, 0.717) is 26.2 Å². The third-order valence-corrected chi connectivity index (χ3v) is 4.91. The lowest BCUT2D eigenvalue weighted by Crippen LogP contribution is -2.50. The third-order valence-electron chi connectivity index (χ3n) is 4.91. The zero-order valence-electron chi connectivity index (χ0n) is 15.6. The molecule has 3 rings (SSSR count). The minimum Gasteiger partial charge on any atom is -0.367 e. The Morgan fingerprint density at radius 3 is 2.30 bits per heavy atom. The van der Waals surface area contributed by atoms with E-state index in [0.717, 1.165) is 17.5 Å². The van der Waals surface area contributed by atoms with Crippen molar-refractivity contribution in [2.24, 2.45) is 0 Å². The fraction of sp³-hybridized carbons (Fsp3) is 0.474. The summed E-state index contributed by atoms with van der Waals surface area (Å²) in [5.41, 5.74) is 1.29. The van der Waals surface area contributed by atoms with Gasteiger partial charge < -0.3 is 9.80 Å². The molecular weight excluding hydrogens is 357 g/mol. The molecule has 1 aliphatic heterocycles. The maximum atomic E-state index is 13.2. The van der Waals surface area contributed by atoms with E-state index in [1.807, 2.05) is 19.9 Å². The van der Waals surface area contributed by atoms with Crippen LogP contribution in [-0.2, 0) is 11.0 Å². The second-order valence-corrected chi connectivity index (χ2v) is 6.87. The summed E-state index contributed by atoms with van der Waals surface area (Å²) in [5.74, 6) is -0.0649. The van der Waals surface area contributed by atoms with Crippen LogP contribution in [0.15, 0.2) is 30.3 Å². The highest BCUT2D eigenvalue weighted by atomic mass is 19.4. The van der Waals surface area contributed by atoms with Gasteiger partial charge in [0.1, 0.15) is 6.04 Å². The lowest BCUT2D eigenvalue weighted by atomic mass is 10.1. The van der Waals surface area contributed by atoms with Crippen molar-refractivity contribution >= 4 is 11.6 Å². The molecule has 146 valence electrons. The molecule has 0 spiro atoms. The molecule has 0 aliphatic carbocycles. The van der Waals surface area contributed by atoms with Crippen LogP contribution in [0.3, 0.4) is 0 Å². The second kappa shape index (κ2) is 7.25. The van der Waals surface area contributed by atoms with E-state index in [2.05, 4.69) is 5.10 Å². The van der Waals surface area contributed by atoms with Crippen molar-refractivity contribution in [3.8, 4) is 0 Å². The van der Waals surface area contributed by atoms with E-state index < -0.39 is 17.8 Å². The highest BCUT2D eigenvalue weighted by Gasteiger charge is 2.35. The number of halogens is 3. The number of anilines is 1. The van der Waals surface area contributed by atoms with Crippen LogP contribution in [0.5, 0.6) is 0 Å². The molecule has 2 aromatic rings. The van der Waals surface area contributed by atoms with Crippen LogP contribution < -0.4 is 4.90 Å². The minimum absolute atomic E-state index is 0.0649. The number of amides is 1. The van der Waals surface area contributed by atoms with Gasteiger partial charge >= 0.3 is 6.18 Å². The van der Waals surface area contributed by atoms with Gasteiger partial charge in [0.25, 0.3) is 0 Å². The summed E-state index contributed by atoms with van der Waals surface area (Å²) in [6.07, 6.45) is -4.40. The molecule has 2 heterocycles. The molecule has 1 fully saturated rings. The second-order valence-electron chi connectivity index (χ2n) is 6.87. The summed E-state index contributed by atoms with van der Waals surface area (Å²) in [6, 6.07) is 7.05. The zero-order chi connectivity index (χ0) is 19.8. The molecular formula is C19H23F3N4O. The van der Waals surface area contributed by atoms with Crippen LogP contribution >= 0.6 is 0 Å². The van der Waals surface area contributed by atoms with Gasteiger partial charge in [0.05, 0.1) is 11.3 Å². The van der Waals surface area contributed by atoms with Gasteiger partial charge in [-0.15, -0.1) is 0 Å². The van der Waals surface area contributed by atoms with E-state index in [-0.39, 0.29) is 11.6 Å². The number of alkyl halides is 3. The lowest BCUT2D eigenvalue weighted by Gasteiger charge is -2.38. The zero-order valence-corrected chi connectivity index (χ0v) is 15.6. The first-order chi connectivity index (χ1) is 12.7. The van der Waals surface area contributed by atoms with Crippen LogP contribution in [0.25, 0.3) is 0 Å². The maximum absolute atomic E-state index is 13.2. The number of benzene rings is 1. The van der Waals surface area contributed by atoms with Crippen molar-refractivity contribution in [3.05, 3.63) is 47.3 Å². The molecule has 8 heteroatoms. The highest BCUT2D eigenvalue weighted by molar-refractivity contribution is 5.80. The number of carbonyl (C=O) groups excluding carboxylic acids is 1. The molecule has 1 amide bonds. The number of para-hydroxylation sites is 1. The monoisotopic (exact) mass is 380 g/mol. The molecule has 1 saturated heterocycles. The Morgan fingerprint density at radius 2 is 1.74 bits per heavy atom. The van der Waals surface area contributed by atoms with Gasteiger partial charge in [-0.05, 0) is 39.0 Å². The molecule has 1 atom stereocenters. The highest BCUT2D eigenvalue weighted by Crippen LogP contribution is 2.36. The molecule has 1 aromatic heterocycles. The maximum Gasteiger partial charge on any atom is 0.418 e. The molecule has 5 nitrogen and oxygen atoms in total. The van der Waals surface area contributed by atoms with Gasteiger partial charge in [-0.3, -0.25) is 9.48 Å². The first-order valence-electron chi connectivity index (χ1n) is 8.91. The minimum atomic E-state index is -4.40. The van der Waals surface area contributed by atoms with Crippen molar-refractivity contribution in [1.82, 2.24) is 14.7 Å². The van der Waals surface area contributed by atoms with Gasteiger partial charge in [0.15, 0.2) is 0 Å². The number of rotatable bonds is 3. The average molecular weight is 380 g/mol. The van der Waals surface area contributed by atoms with E-state index in [9.17, 15) is 18.0 Å². The van der Waals surface area contributed by atoms with E-state index in [1.54, 1.807) is 27.5 Å². The standard InChI is InChI=1S/C19H23F3N4O/c1-13-12-14(2)26(23-13)15(3)18(27)25-10-8-24(9-11-25)17-7-5-4-6-16(17)19(20,21)22/h4-7,12,15H,8-11H2,1-3H3/t15-/m0/s1. The Hall–Kier alpha value is -2.51. The predicted molar refractivity (Wildman–Crippen MR) is 96.6 cm³/mol. The lowest BCUT2D eigenvalue weighted by molar-refractivity contribution is -0.138. The Bertz CT molecular complexity index is 823. The molecule has 27 heavy (non-hydrogen) atoms. The van der Waals surface area contributed by atoms with Crippen molar-refractivity contribution < 1.29 is 18.0 Å². The van der Waals surface area contributed by atoms with Gasteiger partial charge in [-0.2, -0.15) is 18.3 Å². The van der Waals surface area contributed by atoms with Crippen LogP contribution in [-0.4, -0.2) is 46.8 Å². The Morgan fingerprint density at radius 1 is 1.11 bits per heavy atom. The van der Waals surface area contributed by atoms with Gasteiger partial charge in [-0.25, -0.2) is 0 Å². The molecule has 0 N–H and O–H groups in total. The van der Waals surface area contributed by atoms with Gasteiger partial charge in [-0.1, -0.05) is 12.1 Å². The van der Waals surface area contributed by atoms with Crippen molar-refractivity contribution in [3.63, 3.8) is 0 Å². The summed E-state index contributed by atoms with van der Waals surface area (Å²) in [4.78, 5) is 16.2. The van der Waals surface area contributed by atoms with Crippen LogP contribution in [0, 0.1) is 13.8 Å². The van der Waals surface area contributed by atoms with E-state index >= 15 is 0 Å². The summed E-state index contributed by atoms with van der Waals surface area (Å²) < 4.78 is 41.4. The fourth-order valence-electron chi connectivity index (χ4n) is 3.56. The normalized spacial score (nSPS) is 16.5. The van der Waals surface area contributed by atoms with Gasteiger partial charge in [0, 0.05) is 37.6 Å². The van der Waals surface area contributed by atoms with Crippen molar-refractivity contribution in [2.75, 3.05) is 31.1 Å². The Balaban J connectivity index is 1.69. The number of hydrogen-bond acceptors (Lipinski definition) is 3. The SMILES string of the molecule is Cc1cc(C)n([C@@H](C)C(=O)N2CCN(c3ccccc3C(F)(F)F)CC2)n1. The summed E-state index contributed by atoms with van der Waals surface area (Å²) in [6.45, 7) is 7.06. The average Bonchev–Trinajstić information content (AvgIpc) is 2.98. The number of aromatic nitrogens is 2. The molecule has 1 aromatic carbocycles. The van der Waals surface area contributed by atoms with Crippen LogP contribution in [0.4, 0.5) is 18.9 Å². The summed E-state index contributed by atoms with van der Waals surface area (Å²) >= 11 is 0. The topological polar surface area (TPSA) is 41.4 Å². The predicted octanol–water partition coefficient (Wildman–Crippen LogP) is 3.43. The molecule has 1 aliphatic rings. The first kappa shape index (κ1) is 19.3. The summed E-state index contributed by atoms with van der Waals surface area (Å²) in [5, 5.41) is 4.36. The molecule has 0 bridgehead atoms. The summed E-state index contributed by atoms with van der Waals surface area (Å²) in [7, 11) is 0. The van der Waals surface area contributed by atoms with Crippen LogP contribution in [0.2, 0.25) is 0 Å². The van der Waals surface area contributed by atoms with E-state index in [4.69, 9.17) is 0 Å². The van der Waals surface area contributed by atoms with Crippen molar-refractivity contribution in [1.29, 1.82) is 0 Å². The Kier molecular flexibility index (Phi) is 5.17. The van der Waals surface area contributed by atoms with Crippen LogP contribution in [0.1, 0.15) is 29.9 Å². The van der Waals surface area contributed by atoms with Gasteiger partial charge in [0.2, 0.25) is 5.91 Å². The molecule has 0 radical (unpaired) electrons. The third kappa shape index (κ3) is 3.94. The first-order valence-corrected chi connectivity index (χ1v) is 8.91. The molecule has 0 saturated carbocycles. The number of aryl methyl sites for hydroxylation is 2. The van der Waals surface area contributed by atoms with Crippen molar-refractivity contribution in [2.45, 2.75) is 33.0 Å². The molecule has 0 unspecified atom stereocenters. The largest absolute Gasteiger partial charge is 0.418 e. The number of piperazine rings is 1. The number of nitrogens with zero attached hydrogens (tertiary/aromatic N) is 4.